The highest BCUT2D eigenvalue weighted by molar-refractivity contribution is 7.98. The molecule has 9 heteroatoms. The van der Waals surface area contributed by atoms with E-state index >= 15 is 0 Å². The van der Waals surface area contributed by atoms with Crippen molar-refractivity contribution in [2.45, 2.75) is 43.3 Å². The van der Waals surface area contributed by atoms with Gasteiger partial charge in [-0.2, -0.15) is 5.26 Å². The van der Waals surface area contributed by atoms with E-state index in [2.05, 4.69) is 16.0 Å². The second-order valence-electron chi connectivity index (χ2n) is 8.12. The first-order valence-corrected chi connectivity index (χ1v) is 11.2. The number of pyridine rings is 1. The van der Waals surface area contributed by atoms with Crippen LogP contribution in [0, 0.1) is 11.3 Å². The van der Waals surface area contributed by atoms with Crippen LogP contribution in [0.15, 0.2) is 21.6 Å². The minimum atomic E-state index is -0.508. The number of ether oxygens (including phenoxy) is 3. The second-order valence-corrected chi connectivity index (χ2v) is 9.10. The second kappa shape index (κ2) is 8.91. The van der Waals surface area contributed by atoms with Crippen molar-refractivity contribution in [1.29, 1.82) is 5.26 Å². The monoisotopic (exact) mass is 444 g/mol. The van der Waals surface area contributed by atoms with Gasteiger partial charge in [0.2, 0.25) is 5.76 Å². The Morgan fingerprint density at radius 1 is 1.32 bits per heavy atom. The third-order valence-corrected chi connectivity index (χ3v) is 6.49. The van der Waals surface area contributed by atoms with Gasteiger partial charge in [0.15, 0.2) is 5.03 Å². The number of methoxy groups -OCH3 is 1. The molecule has 0 unspecified atom stereocenters. The predicted octanol–water partition coefficient (Wildman–Crippen LogP) is 2.73. The summed E-state index contributed by atoms with van der Waals surface area (Å²) in [5.74, 6) is 1.76. The number of hydrogen-bond donors (Lipinski definition) is 0. The lowest BCUT2D eigenvalue weighted by Crippen LogP contribution is -2.43. The van der Waals surface area contributed by atoms with Crippen LogP contribution >= 0.6 is 11.8 Å². The summed E-state index contributed by atoms with van der Waals surface area (Å²) in [7, 11) is 1.32. The molecule has 2 aliphatic heterocycles. The van der Waals surface area contributed by atoms with E-state index in [1.54, 1.807) is 12.1 Å². The number of esters is 1. The summed E-state index contributed by atoms with van der Waals surface area (Å²) in [4.78, 5) is 17.4. The summed E-state index contributed by atoms with van der Waals surface area (Å²) in [5, 5.41) is 10.8. The number of carbonyl (C=O) groups is 1. The number of fused-ring (bicyclic) bond motifs is 1. The maximum absolute atomic E-state index is 11.6. The summed E-state index contributed by atoms with van der Waals surface area (Å²) in [6.45, 7) is 7.45. The zero-order valence-electron chi connectivity index (χ0n) is 17.9. The summed E-state index contributed by atoms with van der Waals surface area (Å²) < 4.78 is 21.9. The van der Waals surface area contributed by atoms with Crippen molar-refractivity contribution in [2.24, 2.45) is 0 Å². The van der Waals surface area contributed by atoms with Gasteiger partial charge in [-0.3, -0.25) is 4.90 Å². The van der Waals surface area contributed by atoms with Gasteiger partial charge < -0.3 is 18.6 Å². The standard InChI is InChI=1S/C22H25N3O5S/c1-22(2)10-15-16(11-23)20(31-13-14-4-5-18(30-14)21(26)27-3)24-19(17(15)12-29-22)25-6-8-28-9-7-25/h4-5H,6-10,12-13H2,1-3H3/p+1. The molecule has 8 nitrogen and oxygen atoms in total. The number of aromatic amines is 1. The molecule has 1 fully saturated rings. The number of nitrogens with one attached hydrogen (secondary N) is 1. The van der Waals surface area contributed by atoms with Crippen LogP contribution in [-0.4, -0.2) is 45.0 Å². The number of aromatic nitrogens is 1. The van der Waals surface area contributed by atoms with Crippen LogP contribution in [0.25, 0.3) is 0 Å². The molecule has 0 saturated carbocycles. The molecule has 1 saturated heterocycles. The van der Waals surface area contributed by atoms with E-state index in [9.17, 15) is 10.1 Å². The maximum atomic E-state index is 11.6. The molecule has 0 atom stereocenters. The first-order chi connectivity index (χ1) is 14.9. The molecule has 0 spiro atoms. The Morgan fingerprint density at radius 3 is 2.81 bits per heavy atom. The van der Waals surface area contributed by atoms with Crippen LogP contribution in [0.5, 0.6) is 0 Å². The fraction of sp³-hybridized carbons (Fsp3) is 0.500. The molecule has 2 aromatic heterocycles. The van der Waals surface area contributed by atoms with Crippen LogP contribution in [0.4, 0.5) is 5.82 Å². The van der Waals surface area contributed by atoms with Crippen LogP contribution in [0.3, 0.4) is 0 Å². The smallest absolute Gasteiger partial charge is 0.373 e. The lowest BCUT2D eigenvalue weighted by molar-refractivity contribution is -0.415. The van der Waals surface area contributed by atoms with E-state index in [-0.39, 0.29) is 11.4 Å². The molecular formula is C22H26N3O5S+. The Balaban J connectivity index is 1.68. The van der Waals surface area contributed by atoms with E-state index in [0.29, 0.717) is 43.3 Å². The molecule has 1 N–H and O–H groups in total. The SMILES string of the molecule is COC(=O)c1ccc(CSc2[nH+]c(N3CCOCC3)c3c(c2C#N)CC(C)(C)OC3)o1. The average Bonchev–Trinajstić information content (AvgIpc) is 3.25. The number of thioether (sulfide) groups is 1. The van der Waals surface area contributed by atoms with E-state index in [0.717, 1.165) is 35.1 Å². The highest BCUT2D eigenvalue weighted by Crippen LogP contribution is 2.37. The Labute approximate surface area is 185 Å². The third kappa shape index (κ3) is 4.56. The fourth-order valence-corrected chi connectivity index (χ4v) is 4.79. The quantitative estimate of drug-likeness (QED) is 0.513. The number of nitriles is 1. The Bertz CT molecular complexity index is 1020. The van der Waals surface area contributed by atoms with Gasteiger partial charge >= 0.3 is 5.97 Å². The Kier molecular flexibility index (Phi) is 6.23. The topological polar surface area (TPSA) is 99.1 Å². The highest BCUT2D eigenvalue weighted by atomic mass is 32.2. The first-order valence-electron chi connectivity index (χ1n) is 10.2. The number of furan rings is 1. The van der Waals surface area contributed by atoms with Crippen molar-refractivity contribution in [1.82, 2.24) is 0 Å². The molecule has 164 valence electrons. The van der Waals surface area contributed by atoms with Crippen molar-refractivity contribution < 1.29 is 28.4 Å². The summed E-state index contributed by atoms with van der Waals surface area (Å²) in [5.41, 5.74) is 2.40. The van der Waals surface area contributed by atoms with Crippen LogP contribution < -0.4 is 9.88 Å². The summed E-state index contributed by atoms with van der Waals surface area (Å²) in [6.07, 6.45) is 0.665. The number of morpholine rings is 1. The van der Waals surface area contributed by atoms with E-state index in [1.807, 2.05) is 13.8 Å². The number of rotatable bonds is 5. The molecule has 0 aliphatic carbocycles. The molecular weight excluding hydrogens is 418 g/mol. The third-order valence-electron chi connectivity index (χ3n) is 5.47. The van der Waals surface area contributed by atoms with E-state index < -0.39 is 5.97 Å². The lowest BCUT2D eigenvalue weighted by Gasteiger charge is -2.34. The van der Waals surface area contributed by atoms with Gasteiger partial charge in [0.25, 0.3) is 5.82 Å². The summed E-state index contributed by atoms with van der Waals surface area (Å²) >= 11 is 1.49. The molecule has 2 aliphatic rings. The van der Waals surface area contributed by atoms with Crippen molar-refractivity contribution >= 4 is 23.5 Å². The van der Waals surface area contributed by atoms with Gasteiger partial charge in [-0.15, -0.1) is 0 Å². The van der Waals surface area contributed by atoms with Crippen LogP contribution in [0.1, 0.15) is 46.9 Å². The van der Waals surface area contributed by atoms with Gasteiger partial charge in [0.1, 0.15) is 30.5 Å². The molecule has 0 amide bonds. The van der Waals surface area contributed by atoms with Gasteiger partial charge in [-0.1, -0.05) is 11.8 Å². The zero-order chi connectivity index (χ0) is 22.0. The van der Waals surface area contributed by atoms with Crippen LogP contribution in [-0.2, 0) is 33.0 Å². The molecule has 0 aromatic carbocycles. The minimum absolute atomic E-state index is 0.168. The highest BCUT2D eigenvalue weighted by Gasteiger charge is 2.36. The normalized spacial score (nSPS) is 17.7. The summed E-state index contributed by atoms with van der Waals surface area (Å²) in [6, 6.07) is 5.76. The molecule has 0 radical (unpaired) electrons. The van der Waals surface area contributed by atoms with Gasteiger partial charge in [0, 0.05) is 6.42 Å². The number of carbonyl (C=O) groups excluding carboxylic acids is 1. The number of hydrogen-bond acceptors (Lipinski definition) is 8. The van der Waals surface area contributed by atoms with Crippen molar-refractivity contribution in [3.8, 4) is 6.07 Å². The van der Waals surface area contributed by atoms with E-state index in [4.69, 9.17) is 18.6 Å². The van der Waals surface area contributed by atoms with Crippen molar-refractivity contribution in [2.75, 3.05) is 38.3 Å². The largest absolute Gasteiger partial charge is 0.463 e. The predicted molar refractivity (Wildman–Crippen MR) is 113 cm³/mol. The van der Waals surface area contributed by atoms with Crippen molar-refractivity contribution in [3.05, 3.63) is 40.3 Å². The van der Waals surface area contributed by atoms with Gasteiger partial charge in [-0.05, 0) is 31.5 Å². The Morgan fingerprint density at radius 2 is 2.10 bits per heavy atom. The average molecular weight is 445 g/mol. The molecule has 0 bridgehead atoms. The molecule has 4 heterocycles. The van der Waals surface area contributed by atoms with Crippen molar-refractivity contribution in [3.63, 3.8) is 0 Å². The molecule has 2 aromatic rings. The fourth-order valence-electron chi connectivity index (χ4n) is 3.86. The van der Waals surface area contributed by atoms with E-state index in [1.165, 1.54) is 18.9 Å². The molecule has 31 heavy (non-hydrogen) atoms. The minimum Gasteiger partial charge on any atom is -0.463 e. The Hall–Kier alpha value is -2.54. The van der Waals surface area contributed by atoms with Crippen LogP contribution in [0.2, 0.25) is 0 Å². The molecule has 4 rings (SSSR count). The van der Waals surface area contributed by atoms with Gasteiger partial charge in [-0.25, -0.2) is 9.78 Å². The maximum Gasteiger partial charge on any atom is 0.373 e. The number of nitrogens with zero attached hydrogens (tertiary/aromatic N) is 2. The number of anilines is 1. The number of H-pyrrole nitrogens is 1. The zero-order valence-corrected chi connectivity index (χ0v) is 18.8. The first kappa shape index (κ1) is 21.7. The van der Waals surface area contributed by atoms with Gasteiger partial charge in [0.05, 0.1) is 43.8 Å². The lowest BCUT2D eigenvalue weighted by atomic mass is 9.89.